The van der Waals surface area contributed by atoms with Crippen molar-refractivity contribution in [2.75, 3.05) is 6.61 Å². The lowest BCUT2D eigenvalue weighted by Gasteiger charge is -2.14. The van der Waals surface area contributed by atoms with Crippen molar-refractivity contribution >= 4 is 5.78 Å². The van der Waals surface area contributed by atoms with Crippen LogP contribution in [0.2, 0.25) is 0 Å². The molecule has 0 aliphatic carbocycles. The summed E-state index contributed by atoms with van der Waals surface area (Å²) in [4.78, 5) is 10.8. The molecule has 0 N–H and O–H groups in total. The highest BCUT2D eigenvalue weighted by atomic mass is 16.5. The van der Waals surface area contributed by atoms with Crippen LogP contribution in [-0.2, 0) is 4.79 Å². The molecule has 1 rings (SSSR count). The fraction of sp³-hybridized carbons (Fsp3) is 0.562. The number of hydrogen-bond acceptors (Lipinski definition) is 2. The van der Waals surface area contributed by atoms with E-state index in [-0.39, 0.29) is 5.78 Å². The summed E-state index contributed by atoms with van der Waals surface area (Å²) in [7, 11) is 0. The third-order valence-electron chi connectivity index (χ3n) is 2.97. The van der Waals surface area contributed by atoms with Crippen molar-refractivity contribution < 1.29 is 9.53 Å². The maximum atomic E-state index is 10.8. The van der Waals surface area contributed by atoms with Crippen LogP contribution in [0.3, 0.4) is 0 Å². The number of ether oxygens (including phenoxy) is 1. The number of carbonyl (C=O) groups excluding carboxylic acids is 1. The van der Waals surface area contributed by atoms with Gasteiger partial charge in [-0.15, -0.1) is 0 Å². The number of ketones is 1. The predicted molar refractivity (Wildman–Crippen MR) is 75.3 cm³/mol. The Kier molecular flexibility index (Phi) is 5.90. The number of rotatable bonds is 7. The Labute approximate surface area is 110 Å². The van der Waals surface area contributed by atoms with E-state index < -0.39 is 0 Å². The quantitative estimate of drug-likeness (QED) is 0.674. The van der Waals surface area contributed by atoms with Crippen LogP contribution in [0.4, 0.5) is 0 Å². The largest absolute Gasteiger partial charge is 0.493 e. The summed E-state index contributed by atoms with van der Waals surface area (Å²) in [5.41, 5.74) is 2.48. The summed E-state index contributed by atoms with van der Waals surface area (Å²) in [6, 6.07) is 6.36. The number of carbonyl (C=O) groups is 1. The van der Waals surface area contributed by atoms with Crippen LogP contribution in [0.25, 0.3) is 0 Å². The van der Waals surface area contributed by atoms with Crippen LogP contribution < -0.4 is 4.74 Å². The van der Waals surface area contributed by atoms with E-state index in [1.807, 2.05) is 0 Å². The molecule has 2 nitrogen and oxygen atoms in total. The van der Waals surface area contributed by atoms with Crippen LogP contribution in [0.1, 0.15) is 57.1 Å². The Morgan fingerprint density at radius 2 is 2.00 bits per heavy atom. The zero-order valence-corrected chi connectivity index (χ0v) is 12.0. The second kappa shape index (κ2) is 7.20. The minimum Gasteiger partial charge on any atom is -0.493 e. The second-order valence-electron chi connectivity index (χ2n) is 5.20. The summed E-state index contributed by atoms with van der Waals surface area (Å²) < 4.78 is 5.85. The number of Topliss-reactive ketones (excluding diaryl/α,β-unsaturated/α-hetero) is 1. The Bertz CT molecular complexity index is 394. The van der Waals surface area contributed by atoms with Crippen molar-refractivity contribution in [3.63, 3.8) is 0 Å². The van der Waals surface area contributed by atoms with Gasteiger partial charge in [0.15, 0.2) is 0 Å². The normalized spacial score (nSPS) is 10.7. The first kappa shape index (κ1) is 14.7. The van der Waals surface area contributed by atoms with Gasteiger partial charge in [-0.25, -0.2) is 0 Å². The van der Waals surface area contributed by atoms with Gasteiger partial charge in [0.1, 0.15) is 11.5 Å². The molecule has 0 saturated heterocycles. The maximum absolute atomic E-state index is 10.8. The van der Waals surface area contributed by atoms with Gasteiger partial charge < -0.3 is 9.53 Å². The average molecular weight is 248 g/mol. The van der Waals surface area contributed by atoms with E-state index in [0.717, 1.165) is 18.6 Å². The molecular formula is C16H24O2. The molecule has 0 aromatic heterocycles. The lowest BCUT2D eigenvalue weighted by atomic mass is 10.0. The highest BCUT2D eigenvalue weighted by Gasteiger charge is 2.07. The van der Waals surface area contributed by atoms with E-state index in [0.29, 0.717) is 18.9 Å². The molecule has 0 saturated carbocycles. The van der Waals surface area contributed by atoms with Crippen molar-refractivity contribution in [3.05, 3.63) is 29.3 Å². The topological polar surface area (TPSA) is 26.3 Å². The zero-order valence-electron chi connectivity index (χ0n) is 12.0. The SMILES string of the molecule is CC(=O)CCCCOc1cc(C)ccc1C(C)C. The molecule has 2 heteroatoms. The van der Waals surface area contributed by atoms with Gasteiger partial charge in [-0.3, -0.25) is 0 Å². The van der Waals surface area contributed by atoms with Gasteiger partial charge in [-0.1, -0.05) is 26.0 Å². The molecule has 0 spiro atoms. The summed E-state index contributed by atoms with van der Waals surface area (Å²) in [5.74, 6) is 1.72. The molecule has 18 heavy (non-hydrogen) atoms. The van der Waals surface area contributed by atoms with E-state index in [1.54, 1.807) is 6.92 Å². The lowest BCUT2D eigenvalue weighted by molar-refractivity contribution is -0.117. The summed E-state index contributed by atoms with van der Waals surface area (Å²) in [6.07, 6.45) is 2.51. The number of unbranched alkanes of at least 4 members (excludes halogenated alkanes) is 1. The van der Waals surface area contributed by atoms with Crippen LogP contribution in [0, 0.1) is 6.92 Å². The van der Waals surface area contributed by atoms with Crippen LogP contribution >= 0.6 is 0 Å². The third kappa shape index (κ3) is 4.91. The minimum absolute atomic E-state index is 0.258. The van der Waals surface area contributed by atoms with Crippen LogP contribution in [-0.4, -0.2) is 12.4 Å². The number of aryl methyl sites for hydroxylation is 1. The molecule has 0 radical (unpaired) electrons. The summed E-state index contributed by atoms with van der Waals surface area (Å²) in [5, 5.41) is 0. The standard InChI is InChI=1S/C16H24O2/c1-12(2)15-9-8-13(3)11-16(15)18-10-6-5-7-14(4)17/h8-9,11-12H,5-7,10H2,1-4H3. The maximum Gasteiger partial charge on any atom is 0.129 e. The zero-order chi connectivity index (χ0) is 13.5. The van der Waals surface area contributed by atoms with Gasteiger partial charge in [-0.05, 0) is 49.8 Å². The fourth-order valence-corrected chi connectivity index (χ4v) is 1.90. The van der Waals surface area contributed by atoms with Gasteiger partial charge in [0.25, 0.3) is 0 Å². The highest BCUT2D eigenvalue weighted by molar-refractivity contribution is 5.75. The molecule has 100 valence electrons. The van der Waals surface area contributed by atoms with Crippen molar-refractivity contribution in [1.82, 2.24) is 0 Å². The molecule has 0 amide bonds. The molecule has 0 atom stereocenters. The van der Waals surface area contributed by atoms with E-state index in [4.69, 9.17) is 4.74 Å². The molecule has 0 heterocycles. The summed E-state index contributed by atoms with van der Waals surface area (Å²) >= 11 is 0. The smallest absolute Gasteiger partial charge is 0.129 e. The number of hydrogen-bond donors (Lipinski definition) is 0. The Balaban J connectivity index is 2.50. The van der Waals surface area contributed by atoms with Crippen LogP contribution in [0.15, 0.2) is 18.2 Å². The molecule has 0 aliphatic heterocycles. The lowest BCUT2D eigenvalue weighted by Crippen LogP contribution is -2.02. The van der Waals surface area contributed by atoms with Crippen molar-refractivity contribution in [2.24, 2.45) is 0 Å². The Morgan fingerprint density at radius 1 is 1.28 bits per heavy atom. The van der Waals surface area contributed by atoms with Gasteiger partial charge in [-0.2, -0.15) is 0 Å². The first-order chi connectivity index (χ1) is 8.50. The predicted octanol–water partition coefficient (Wildman–Crippen LogP) is 4.26. The van der Waals surface area contributed by atoms with Crippen molar-refractivity contribution in [3.8, 4) is 5.75 Å². The van der Waals surface area contributed by atoms with E-state index in [2.05, 4.69) is 39.0 Å². The van der Waals surface area contributed by atoms with Crippen molar-refractivity contribution in [2.45, 2.75) is 52.9 Å². The average Bonchev–Trinajstić information content (AvgIpc) is 2.27. The molecule has 1 aromatic rings. The minimum atomic E-state index is 0.258. The van der Waals surface area contributed by atoms with Gasteiger partial charge in [0.05, 0.1) is 6.61 Å². The second-order valence-corrected chi connectivity index (χ2v) is 5.20. The van der Waals surface area contributed by atoms with E-state index >= 15 is 0 Å². The third-order valence-corrected chi connectivity index (χ3v) is 2.97. The van der Waals surface area contributed by atoms with Crippen molar-refractivity contribution in [1.29, 1.82) is 0 Å². The summed E-state index contributed by atoms with van der Waals surface area (Å²) in [6.45, 7) is 8.75. The molecular weight excluding hydrogens is 224 g/mol. The Hall–Kier alpha value is -1.31. The molecule has 0 bridgehead atoms. The molecule has 0 aliphatic rings. The monoisotopic (exact) mass is 248 g/mol. The first-order valence-electron chi connectivity index (χ1n) is 6.73. The van der Waals surface area contributed by atoms with Gasteiger partial charge in [0.2, 0.25) is 0 Å². The van der Waals surface area contributed by atoms with E-state index in [1.165, 1.54) is 11.1 Å². The molecule has 1 aromatic carbocycles. The first-order valence-corrected chi connectivity index (χ1v) is 6.73. The van der Waals surface area contributed by atoms with E-state index in [9.17, 15) is 4.79 Å². The number of benzene rings is 1. The highest BCUT2D eigenvalue weighted by Crippen LogP contribution is 2.27. The van der Waals surface area contributed by atoms with Gasteiger partial charge in [0, 0.05) is 6.42 Å². The molecule has 0 unspecified atom stereocenters. The van der Waals surface area contributed by atoms with Crippen LogP contribution in [0.5, 0.6) is 5.75 Å². The molecule has 0 fully saturated rings. The van der Waals surface area contributed by atoms with Gasteiger partial charge >= 0.3 is 0 Å². The fourth-order valence-electron chi connectivity index (χ4n) is 1.90. The Morgan fingerprint density at radius 3 is 2.61 bits per heavy atom.